The van der Waals surface area contributed by atoms with Crippen molar-refractivity contribution in [2.75, 3.05) is 25.9 Å². The van der Waals surface area contributed by atoms with Gasteiger partial charge in [0.15, 0.2) is 0 Å². The molecule has 1 aliphatic rings. The number of carbonyl (C=O) groups excluding carboxylic acids is 1. The van der Waals surface area contributed by atoms with Crippen molar-refractivity contribution in [3.63, 3.8) is 0 Å². The zero-order chi connectivity index (χ0) is 17.8. The van der Waals surface area contributed by atoms with Crippen molar-refractivity contribution in [3.05, 3.63) is 69.9 Å². The number of hydrogen-bond donors (Lipinski definition) is 0. The van der Waals surface area contributed by atoms with E-state index in [4.69, 9.17) is 0 Å². The third kappa shape index (κ3) is 4.84. The van der Waals surface area contributed by atoms with Crippen molar-refractivity contribution < 1.29 is 9.18 Å². The molecule has 3 rings (SSSR count). The van der Waals surface area contributed by atoms with Gasteiger partial charge in [-0.2, -0.15) is 0 Å². The summed E-state index contributed by atoms with van der Waals surface area (Å²) in [6, 6.07) is 14.6. The lowest BCUT2D eigenvalue weighted by molar-refractivity contribution is -0.132. The van der Waals surface area contributed by atoms with Crippen LogP contribution in [-0.4, -0.2) is 41.6 Å². The van der Waals surface area contributed by atoms with Crippen molar-refractivity contribution in [1.29, 1.82) is 0 Å². The monoisotopic (exact) mass is 422 g/mol. The normalized spacial score (nSPS) is 17.3. The van der Waals surface area contributed by atoms with Gasteiger partial charge in [0, 0.05) is 23.3 Å². The van der Waals surface area contributed by atoms with Gasteiger partial charge in [-0.3, -0.25) is 9.69 Å². The van der Waals surface area contributed by atoms with Crippen LogP contribution in [0.4, 0.5) is 4.39 Å². The molecule has 1 saturated heterocycles. The molecule has 0 N–H and O–H groups in total. The van der Waals surface area contributed by atoms with E-state index in [1.165, 1.54) is 17.7 Å². The van der Waals surface area contributed by atoms with Crippen LogP contribution in [0, 0.1) is 5.82 Å². The van der Waals surface area contributed by atoms with E-state index in [-0.39, 0.29) is 17.1 Å². The van der Waals surface area contributed by atoms with E-state index < -0.39 is 0 Å². The lowest BCUT2D eigenvalue weighted by Gasteiger charge is -2.26. The summed E-state index contributed by atoms with van der Waals surface area (Å²) in [5.41, 5.74) is 2.15. The van der Waals surface area contributed by atoms with Gasteiger partial charge in [-0.15, -0.1) is 11.8 Å². The number of benzene rings is 2. The Balaban J connectivity index is 1.61. The predicted octanol–water partition coefficient (Wildman–Crippen LogP) is 4.29. The van der Waals surface area contributed by atoms with Crippen molar-refractivity contribution in [1.82, 2.24) is 9.80 Å². The topological polar surface area (TPSA) is 23.6 Å². The smallest absolute Gasteiger partial charge is 0.237 e. The Kier molecular flexibility index (Phi) is 6.15. The minimum atomic E-state index is -0.251. The quantitative estimate of drug-likeness (QED) is 0.717. The number of hydrogen-bond acceptors (Lipinski definition) is 3. The van der Waals surface area contributed by atoms with Gasteiger partial charge in [-0.05, 0) is 42.4 Å². The second kappa shape index (κ2) is 8.34. The first-order valence-corrected chi connectivity index (χ1v) is 9.96. The van der Waals surface area contributed by atoms with E-state index in [2.05, 4.69) is 28.1 Å². The van der Waals surface area contributed by atoms with Crippen molar-refractivity contribution >= 4 is 33.6 Å². The number of halogens is 2. The molecule has 0 aromatic heterocycles. The Morgan fingerprint density at radius 2 is 1.92 bits per heavy atom. The number of rotatable bonds is 5. The maximum absolute atomic E-state index is 13.1. The van der Waals surface area contributed by atoms with Gasteiger partial charge >= 0.3 is 0 Å². The average Bonchev–Trinajstić information content (AvgIpc) is 3.07. The highest BCUT2D eigenvalue weighted by molar-refractivity contribution is 9.10. The summed E-state index contributed by atoms with van der Waals surface area (Å²) in [6.07, 6.45) is 0. The molecule has 6 heteroatoms. The molecule has 1 atom stereocenters. The van der Waals surface area contributed by atoms with Gasteiger partial charge in [0.1, 0.15) is 11.2 Å². The van der Waals surface area contributed by atoms with Crippen molar-refractivity contribution in [2.24, 2.45) is 0 Å². The predicted molar refractivity (Wildman–Crippen MR) is 104 cm³/mol. The summed E-state index contributed by atoms with van der Waals surface area (Å²) < 4.78 is 14.2. The molecule has 0 aliphatic carbocycles. The largest absolute Gasteiger partial charge is 0.325 e. The molecule has 0 saturated carbocycles. The molecule has 2 aromatic rings. The van der Waals surface area contributed by atoms with Gasteiger partial charge in [0.05, 0.1) is 6.54 Å². The second-order valence-electron chi connectivity index (χ2n) is 6.16. The Morgan fingerprint density at radius 3 is 2.60 bits per heavy atom. The molecule has 1 unspecified atom stereocenters. The summed E-state index contributed by atoms with van der Waals surface area (Å²) in [7, 11) is 1.95. The van der Waals surface area contributed by atoms with Gasteiger partial charge in [0.25, 0.3) is 0 Å². The van der Waals surface area contributed by atoms with Crippen LogP contribution in [-0.2, 0) is 11.3 Å². The van der Waals surface area contributed by atoms with Gasteiger partial charge < -0.3 is 4.90 Å². The highest BCUT2D eigenvalue weighted by atomic mass is 79.9. The Labute approximate surface area is 160 Å². The fraction of sp³-hybridized carbons (Fsp3) is 0.316. The van der Waals surface area contributed by atoms with Crippen LogP contribution in [0.15, 0.2) is 53.0 Å². The fourth-order valence-corrected chi connectivity index (χ4v) is 4.45. The number of amides is 1. The third-order valence-electron chi connectivity index (χ3n) is 4.14. The fourth-order valence-electron chi connectivity index (χ4n) is 2.91. The zero-order valence-electron chi connectivity index (χ0n) is 14.0. The Bertz CT molecular complexity index is 723. The molecule has 25 heavy (non-hydrogen) atoms. The summed E-state index contributed by atoms with van der Waals surface area (Å²) in [6.45, 7) is 1.83. The lowest BCUT2D eigenvalue weighted by Crippen LogP contribution is -2.38. The lowest BCUT2D eigenvalue weighted by atomic mass is 10.2. The van der Waals surface area contributed by atoms with Gasteiger partial charge in [-0.25, -0.2) is 4.39 Å². The summed E-state index contributed by atoms with van der Waals surface area (Å²) in [5.74, 6) is 0.766. The van der Waals surface area contributed by atoms with Crippen molar-refractivity contribution in [3.8, 4) is 0 Å². The maximum atomic E-state index is 13.1. The van der Waals surface area contributed by atoms with E-state index in [1.54, 1.807) is 23.9 Å². The van der Waals surface area contributed by atoms with E-state index in [9.17, 15) is 9.18 Å². The molecule has 1 fully saturated rings. The summed E-state index contributed by atoms with van der Waals surface area (Å²) in [5, 5.41) is -0.0193. The van der Waals surface area contributed by atoms with Crippen LogP contribution in [0.5, 0.6) is 0 Å². The van der Waals surface area contributed by atoms with Crippen molar-refractivity contribution in [2.45, 2.75) is 11.9 Å². The molecule has 132 valence electrons. The highest BCUT2D eigenvalue weighted by Crippen LogP contribution is 2.37. The zero-order valence-corrected chi connectivity index (χ0v) is 16.4. The number of thioether (sulfide) groups is 1. The molecule has 3 nitrogen and oxygen atoms in total. The second-order valence-corrected chi connectivity index (χ2v) is 8.26. The maximum Gasteiger partial charge on any atom is 0.237 e. The number of likely N-dealkylation sites (N-methyl/N-ethyl adjacent to an activating group) is 1. The van der Waals surface area contributed by atoms with Crippen LogP contribution in [0.2, 0.25) is 0 Å². The molecule has 1 heterocycles. The van der Waals surface area contributed by atoms with Crippen LogP contribution in [0.3, 0.4) is 0 Å². The minimum absolute atomic E-state index is 0.0193. The van der Waals surface area contributed by atoms with Crippen LogP contribution in [0.25, 0.3) is 0 Å². The Hall–Kier alpha value is -1.37. The van der Waals surface area contributed by atoms with Gasteiger partial charge in [0.2, 0.25) is 5.91 Å². The molecule has 1 aliphatic heterocycles. The van der Waals surface area contributed by atoms with E-state index in [0.717, 1.165) is 28.9 Å². The first-order chi connectivity index (χ1) is 12.0. The molecule has 2 aromatic carbocycles. The number of nitrogens with zero attached hydrogens (tertiary/aromatic N) is 2. The molecule has 1 amide bonds. The van der Waals surface area contributed by atoms with E-state index in [0.29, 0.717) is 6.54 Å². The SMILES string of the molecule is CN(CC(=O)N1CCSC1c1ccc(F)cc1)Cc1ccc(Br)cc1. The van der Waals surface area contributed by atoms with E-state index >= 15 is 0 Å². The van der Waals surface area contributed by atoms with Crippen LogP contribution >= 0.6 is 27.7 Å². The third-order valence-corrected chi connectivity index (χ3v) is 5.93. The number of carbonyl (C=O) groups is 1. The first kappa shape index (κ1) is 18.4. The first-order valence-electron chi connectivity index (χ1n) is 8.12. The molecular weight excluding hydrogens is 403 g/mol. The molecule has 0 spiro atoms. The van der Waals surface area contributed by atoms with Gasteiger partial charge in [-0.1, -0.05) is 40.2 Å². The summed E-state index contributed by atoms with van der Waals surface area (Å²) in [4.78, 5) is 16.7. The molecule has 0 radical (unpaired) electrons. The summed E-state index contributed by atoms with van der Waals surface area (Å²) >= 11 is 5.16. The minimum Gasteiger partial charge on any atom is -0.325 e. The van der Waals surface area contributed by atoms with Crippen LogP contribution in [0.1, 0.15) is 16.5 Å². The van der Waals surface area contributed by atoms with Crippen LogP contribution < -0.4 is 0 Å². The molecular formula is C19H20BrFN2OS. The Morgan fingerprint density at radius 1 is 1.24 bits per heavy atom. The average molecular weight is 423 g/mol. The van der Waals surface area contributed by atoms with E-state index in [1.807, 2.05) is 29.0 Å². The standard InChI is InChI=1S/C19H20BrFN2OS/c1-22(12-14-2-6-16(20)7-3-14)13-18(24)23-10-11-25-19(23)15-4-8-17(21)9-5-15/h2-9,19H,10-13H2,1H3. The molecule has 0 bridgehead atoms. The highest BCUT2D eigenvalue weighted by Gasteiger charge is 2.30.